The Hall–Kier alpha value is -2.36. The van der Waals surface area contributed by atoms with Gasteiger partial charge in [-0.15, -0.1) is 0 Å². The number of halogens is 1. The SMILES string of the molecule is Cc1cc(CNc2ccccc2C(=O)O)ccc1F. The van der Waals surface area contributed by atoms with Gasteiger partial charge in [0.15, 0.2) is 0 Å². The van der Waals surface area contributed by atoms with Gasteiger partial charge in [-0.1, -0.05) is 24.3 Å². The number of para-hydroxylation sites is 1. The van der Waals surface area contributed by atoms with Crippen molar-refractivity contribution in [2.24, 2.45) is 0 Å². The first-order valence-corrected chi connectivity index (χ1v) is 5.89. The molecule has 2 N–H and O–H groups in total. The van der Waals surface area contributed by atoms with Crippen molar-refractivity contribution in [3.8, 4) is 0 Å². The van der Waals surface area contributed by atoms with Gasteiger partial charge in [-0.25, -0.2) is 9.18 Å². The molecule has 0 atom stereocenters. The largest absolute Gasteiger partial charge is 0.478 e. The molecule has 0 aliphatic rings. The summed E-state index contributed by atoms with van der Waals surface area (Å²) in [5, 5.41) is 12.1. The highest BCUT2D eigenvalue weighted by molar-refractivity contribution is 5.94. The minimum absolute atomic E-state index is 0.223. The van der Waals surface area contributed by atoms with Crippen LogP contribution < -0.4 is 5.32 Å². The van der Waals surface area contributed by atoms with Crippen molar-refractivity contribution in [2.75, 3.05) is 5.32 Å². The van der Waals surface area contributed by atoms with Gasteiger partial charge in [-0.2, -0.15) is 0 Å². The molecule has 19 heavy (non-hydrogen) atoms. The number of carbonyl (C=O) groups is 1. The zero-order chi connectivity index (χ0) is 13.8. The van der Waals surface area contributed by atoms with E-state index in [1.165, 1.54) is 6.07 Å². The molecule has 98 valence electrons. The first-order valence-electron chi connectivity index (χ1n) is 5.89. The Morgan fingerprint density at radius 2 is 2.00 bits per heavy atom. The van der Waals surface area contributed by atoms with Gasteiger partial charge in [-0.05, 0) is 36.2 Å². The topological polar surface area (TPSA) is 49.3 Å². The third-order valence-corrected chi connectivity index (χ3v) is 2.86. The molecule has 0 aliphatic carbocycles. The van der Waals surface area contributed by atoms with Gasteiger partial charge in [-0.3, -0.25) is 0 Å². The van der Waals surface area contributed by atoms with E-state index in [1.807, 2.05) is 0 Å². The number of anilines is 1. The molecule has 0 heterocycles. The molecule has 0 spiro atoms. The fourth-order valence-corrected chi connectivity index (χ4v) is 1.84. The van der Waals surface area contributed by atoms with E-state index in [0.717, 1.165) is 5.56 Å². The summed E-state index contributed by atoms with van der Waals surface area (Å²) in [6.45, 7) is 2.15. The molecule has 0 fully saturated rings. The molecular weight excluding hydrogens is 245 g/mol. The van der Waals surface area contributed by atoms with E-state index < -0.39 is 5.97 Å². The lowest BCUT2D eigenvalue weighted by atomic mass is 10.1. The number of aromatic carboxylic acids is 1. The molecule has 0 saturated carbocycles. The molecule has 0 bridgehead atoms. The second kappa shape index (κ2) is 5.52. The highest BCUT2D eigenvalue weighted by atomic mass is 19.1. The summed E-state index contributed by atoms with van der Waals surface area (Å²) < 4.78 is 13.1. The van der Waals surface area contributed by atoms with Crippen LogP contribution in [0.25, 0.3) is 0 Å². The molecule has 0 aromatic heterocycles. The first-order chi connectivity index (χ1) is 9.08. The van der Waals surface area contributed by atoms with E-state index in [9.17, 15) is 9.18 Å². The molecule has 0 unspecified atom stereocenters. The molecule has 0 saturated heterocycles. The molecule has 2 rings (SSSR count). The Labute approximate surface area is 110 Å². The number of aryl methyl sites for hydroxylation is 1. The van der Waals surface area contributed by atoms with Gasteiger partial charge in [0.25, 0.3) is 0 Å². The third-order valence-electron chi connectivity index (χ3n) is 2.86. The second-order valence-electron chi connectivity index (χ2n) is 4.29. The van der Waals surface area contributed by atoms with E-state index in [1.54, 1.807) is 43.3 Å². The maximum atomic E-state index is 13.1. The van der Waals surface area contributed by atoms with Crippen LogP contribution in [0.2, 0.25) is 0 Å². The van der Waals surface area contributed by atoms with Crippen LogP contribution in [-0.2, 0) is 6.54 Å². The molecule has 0 radical (unpaired) electrons. The fourth-order valence-electron chi connectivity index (χ4n) is 1.84. The van der Waals surface area contributed by atoms with Crippen molar-refractivity contribution in [3.05, 3.63) is 65.0 Å². The average molecular weight is 259 g/mol. The van der Waals surface area contributed by atoms with Crippen molar-refractivity contribution in [1.29, 1.82) is 0 Å². The molecular formula is C15H14FNO2. The van der Waals surface area contributed by atoms with Crippen LogP contribution in [0, 0.1) is 12.7 Å². The van der Waals surface area contributed by atoms with Crippen molar-refractivity contribution < 1.29 is 14.3 Å². The van der Waals surface area contributed by atoms with E-state index in [-0.39, 0.29) is 11.4 Å². The van der Waals surface area contributed by atoms with Crippen molar-refractivity contribution in [2.45, 2.75) is 13.5 Å². The zero-order valence-corrected chi connectivity index (χ0v) is 10.5. The number of hydrogen-bond donors (Lipinski definition) is 2. The van der Waals surface area contributed by atoms with Crippen LogP contribution in [0.3, 0.4) is 0 Å². The van der Waals surface area contributed by atoms with Crippen LogP contribution in [0.15, 0.2) is 42.5 Å². The predicted octanol–water partition coefficient (Wildman–Crippen LogP) is 3.44. The van der Waals surface area contributed by atoms with Gasteiger partial charge in [0.05, 0.1) is 5.56 Å². The normalized spacial score (nSPS) is 10.2. The predicted molar refractivity (Wildman–Crippen MR) is 71.9 cm³/mol. The highest BCUT2D eigenvalue weighted by Gasteiger charge is 2.08. The Morgan fingerprint density at radius 3 is 2.68 bits per heavy atom. The fraction of sp³-hybridized carbons (Fsp3) is 0.133. The maximum Gasteiger partial charge on any atom is 0.337 e. The molecule has 3 nitrogen and oxygen atoms in total. The van der Waals surface area contributed by atoms with E-state index in [4.69, 9.17) is 5.11 Å². The van der Waals surface area contributed by atoms with Gasteiger partial charge >= 0.3 is 5.97 Å². The molecule has 0 aliphatic heterocycles. The zero-order valence-electron chi connectivity index (χ0n) is 10.5. The number of carboxylic acid groups (broad SMARTS) is 1. The van der Waals surface area contributed by atoms with E-state index >= 15 is 0 Å². The lowest BCUT2D eigenvalue weighted by Crippen LogP contribution is -2.06. The van der Waals surface area contributed by atoms with Crippen LogP contribution in [0.4, 0.5) is 10.1 Å². The average Bonchev–Trinajstić information content (AvgIpc) is 2.40. The number of carboxylic acids is 1. The second-order valence-corrected chi connectivity index (χ2v) is 4.29. The van der Waals surface area contributed by atoms with Crippen molar-refractivity contribution in [3.63, 3.8) is 0 Å². The van der Waals surface area contributed by atoms with Gasteiger partial charge < -0.3 is 10.4 Å². The van der Waals surface area contributed by atoms with Crippen LogP contribution in [-0.4, -0.2) is 11.1 Å². The third kappa shape index (κ3) is 3.10. The number of nitrogens with one attached hydrogen (secondary N) is 1. The molecule has 4 heteroatoms. The van der Waals surface area contributed by atoms with Crippen molar-refractivity contribution >= 4 is 11.7 Å². The lowest BCUT2D eigenvalue weighted by Gasteiger charge is -2.10. The van der Waals surface area contributed by atoms with Crippen molar-refractivity contribution in [1.82, 2.24) is 0 Å². The Kier molecular flexibility index (Phi) is 3.80. The summed E-state index contributed by atoms with van der Waals surface area (Å²) in [6.07, 6.45) is 0. The standard InChI is InChI=1S/C15H14FNO2/c1-10-8-11(6-7-13(10)16)9-17-14-5-3-2-4-12(14)15(18)19/h2-8,17H,9H2,1H3,(H,18,19). The quantitative estimate of drug-likeness (QED) is 0.884. The minimum atomic E-state index is -0.974. The van der Waals surface area contributed by atoms with Crippen LogP contribution in [0.5, 0.6) is 0 Å². The highest BCUT2D eigenvalue weighted by Crippen LogP contribution is 2.17. The monoisotopic (exact) mass is 259 g/mol. The smallest absolute Gasteiger partial charge is 0.337 e. The van der Waals surface area contributed by atoms with E-state index in [2.05, 4.69) is 5.32 Å². The van der Waals surface area contributed by atoms with Crippen LogP contribution in [0.1, 0.15) is 21.5 Å². The maximum absolute atomic E-state index is 13.1. The summed E-state index contributed by atoms with van der Waals surface area (Å²) in [7, 11) is 0. The van der Waals surface area contributed by atoms with Gasteiger partial charge in [0.2, 0.25) is 0 Å². The number of hydrogen-bond acceptors (Lipinski definition) is 2. The minimum Gasteiger partial charge on any atom is -0.478 e. The summed E-state index contributed by atoms with van der Waals surface area (Å²) in [6, 6.07) is 11.5. The summed E-state index contributed by atoms with van der Waals surface area (Å²) in [5.41, 5.74) is 2.25. The molecule has 2 aromatic rings. The first kappa shape index (κ1) is 13.1. The Morgan fingerprint density at radius 1 is 1.26 bits per heavy atom. The Bertz CT molecular complexity index is 611. The lowest BCUT2D eigenvalue weighted by molar-refractivity contribution is 0.0698. The Balaban J connectivity index is 2.14. The number of benzene rings is 2. The summed E-state index contributed by atoms with van der Waals surface area (Å²) >= 11 is 0. The van der Waals surface area contributed by atoms with Gasteiger partial charge in [0, 0.05) is 12.2 Å². The summed E-state index contributed by atoms with van der Waals surface area (Å²) in [5.74, 6) is -1.21. The summed E-state index contributed by atoms with van der Waals surface area (Å²) in [4.78, 5) is 11.0. The number of rotatable bonds is 4. The van der Waals surface area contributed by atoms with E-state index in [0.29, 0.717) is 17.8 Å². The molecule has 0 amide bonds. The molecule has 2 aromatic carbocycles. The van der Waals surface area contributed by atoms with Crippen LogP contribution >= 0.6 is 0 Å². The van der Waals surface area contributed by atoms with Gasteiger partial charge in [0.1, 0.15) is 5.82 Å².